The first-order chi connectivity index (χ1) is 12.3. The summed E-state index contributed by atoms with van der Waals surface area (Å²) >= 11 is 0. The number of fused-ring (bicyclic) bond motifs is 1. The van der Waals surface area contributed by atoms with Crippen LogP contribution in [0, 0.1) is 0 Å². The number of nitrogens with one attached hydrogen (secondary N) is 1. The molecule has 4 rings (SSSR count). The maximum atomic E-state index is 12.6. The number of ketones is 1. The van der Waals surface area contributed by atoms with E-state index in [0.717, 1.165) is 16.5 Å². The highest BCUT2D eigenvalue weighted by atomic mass is 16.3. The van der Waals surface area contributed by atoms with Crippen LogP contribution in [0.3, 0.4) is 0 Å². The zero-order valence-electron chi connectivity index (χ0n) is 13.2. The Labute approximate surface area is 143 Å². The molecule has 0 saturated heterocycles. The highest BCUT2D eigenvalue weighted by molar-refractivity contribution is 6.50. The van der Waals surface area contributed by atoms with Crippen molar-refractivity contribution < 1.29 is 13.6 Å². The summed E-state index contributed by atoms with van der Waals surface area (Å²) in [7, 11) is 0. The van der Waals surface area contributed by atoms with Gasteiger partial charge >= 0.3 is 0 Å². The average molecular weight is 330 g/mol. The van der Waals surface area contributed by atoms with E-state index >= 15 is 0 Å². The number of benzene rings is 2. The lowest BCUT2D eigenvalue weighted by Gasteiger charge is -2.05. The fourth-order valence-corrected chi connectivity index (χ4v) is 2.53. The Morgan fingerprint density at radius 2 is 1.52 bits per heavy atom. The number of hydrogen-bond donors (Lipinski definition) is 1. The molecule has 0 aliphatic heterocycles. The van der Waals surface area contributed by atoms with Gasteiger partial charge in [0.15, 0.2) is 17.2 Å². The minimum Gasteiger partial charge on any atom is -0.462 e. The van der Waals surface area contributed by atoms with Gasteiger partial charge in [0.1, 0.15) is 0 Å². The summed E-state index contributed by atoms with van der Waals surface area (Å²) in [5.74, 6) is 0.221. The normalized spacial score (nSPS) is 11.6. The lowest BCUT2D eigenvalue weighted by molar-refractivity contribution is 0.104. The molecule has 0 bridgehead atoms. The van der Waals surface area contributed by atoms with Crippen LogP contribution in [0.2, 0.25) is 0 Å². The van der Waals surface area contributed by atoms with E-state index in [1.807, 2.05) is 42.5 Å². The van der Waals surface area contributed by atoms with Gasteiger partial charge in [0.05, 0.1) is 18.2 Å². The van der Waals surface area contributed by atoms with Crippen LogP contribution in [0.5, 0.6) is 0 Å². The molecule has 0 atom stereocenters. The molecule has 5 nitrogen and oxygen atoms in total. The molecule has 122 valence electrons. The lowest BCUT2D eigenvalue weighted by atomic mass is 10.1. The van der Waals surface area contributed by atoms with Crippen LogP contribution in [0.25, 0.3) is 10.8 Å². The standard InChI is InChI=1S/C20H14N2O3/c23-20(18-8-4-12-25-18)19(17-7-3-11-24-17)22-21-16-10-9-14-5-1-2-6-15(14)13-16/h1-13,21H/b22-19-. The number of nitrogens with zero attached hydrogens (tertiary/aromatic N) is 1. The third kappa shape index (κ3) is 3.07. The van der Waals surface area contributed by atoms with Gasteiger partial charge in [0, 0.05) is 0 Å². The summed E-state index contributed by atoms with van der Waals surface area (Å²) in [6, 6.07) is 20.5. The van der Waals surface area contributed by atoms with Gasteiger partial charge in [-0.25, -0.2) is 0 Å². The van der Waals surface area contributed by atoms with Crippen LogP contribution in [0.15, 0.2) is 93.2 Å². The monoisotopic (exact) mass is 330 g/mol. The second kappa shape index (κ2) is 6.49. The molecular formula is C20H14N2O3. The Kier molecular flexibility index (Phi) is 3.88. The van der Waals surface area contributed by atoms with Gasteiger partial charge in [-0.1, -0.05) is 30.3 Å². The van der Waals surface area contributed by atoms with E-state index in [0.29, 0.717) is 5.76 Å². The summed E-state index contributed by atoms with van der Waals surface area (Å²) in [6.07, 6.45) is 2.94. The zero-order chi connectivity index (χ0) is 17.1. The third-order valence-corrected chi connectivity index (χ3v) is 3.76. The Morgan fingerprint density at radius 1 is 0.800 bits per heavy atom. The van der Waals surface area contributed by atoms with Crippen LogP contribution < -0.4 is 5.43 Å². The van der Waals surface area contributed by atoms with Gasteiger partial charge in [0.25, 0.3) is 5.78 Å². The van der Waals surface area contributed by atoms with E-state index in [-0.39, 0.29) is 17.3 Å². The maximum Gasteiger partial charge on any atom is 0.252 e. The first-order valence-corrected chi connectivity index (χ1v) is 7.76. The number of hydrogen-bond acceptors (Lipinski definition) is 5. The number of carbonyl (C=O) groups excluding carboxylic acids is 1. The van der Waals surface area contributed by atoms with Crippen molar-refractivity contribution in [2.75, 3.05) is 5.43 Å². The molecule has 0 aliphatic rings. The summed E-state index contributed by atoms with van der Waals surface area (Å²) in [4.78, 5) is 12.6. The molecule has 1 N–H and O–H groups in total. The van der Waals surface area contributed by atoms with Crippen LogP contribution in [-0.4, -0.2) is 11.5 Å². The van der Waals surface area contributed by atoms with Gasteiger partial charge in [-0.15, -0.1) is 0 Å². The number of rotatable bonds is 5. The highest BCUT2D eigenvalue weighted by Crippen LogP contribution is 2.19. The first-order valence-electron chi connectivity index (χ1n) is 7.76. The molecule has 2 aromatic heterocycles. The zero-order valence-corrected chi connectivity index (χ0v) is 13.2. The molecule has 25 heavy (non-hydrogen) atoms. The average Bonchev–Trinajstić information content (AvgIpc) is 3.35. The lowest BCUT2D eigenvalue weighted by Crippen LogP contribution is -2.16. The van der Waals surface area contributed by atoms with Crippen molar-refractivity contribution in [3.63, 3.8) is 0 Å². The fraction of sp³-hybridized carbons (Fsp3) is 0. The molecule has 0 spiro atoms. The predicted octanol–water partition coefficient (Wildman–Crippen LogP) is 4.72. The molecule has 5 heteroatoms. The molecule has 2 heterocycles. The van der Waals surface area contributed by atoms with Crippen molar-refractivity contribution in [3.8, 4) is 0 Å². The maximum absolute atomic E-state index is 12.6. The SMILES string of the molecule is O=C(/C(=N\Nc1ccc2ccccc2c1)c1ccco1)c1ccco1. The number of carbonyl (C=O) groups is 1. The van der Waals surface area contributed by atoms with E-state index < -0.39 is 0 Å². The van der Waals surface area contributed by atoms with Gasteiger partial charge in [-0.05, 0) is 47.2 Å². The molecule has 0 fully saturated rings. The molecule has 0 unspecified atom stereocenters. The van der Waals surface area contributed by atoms with Crippen LogP contribution in [0.1, 0.15) is 16.3 Å². The summed E-state index contributed by atoms with van der Waals surface area (Å²) in [6.45, 7) is 0. The molecule has 0 saturated carbocycles. The fourth-order valence-electron chi connectivity index (χ4n) is 2.53. The van der Waals surface area contributed by atoms with Crippen molar-refractivity contribution in [1.29, 1.82) is 0 Å². The van der Waals surface area contributed by atoms with Crippen molar-refractivity contribution in [2.24, 2.45) is 5.10 Å². The topological polar surface area (TPSA) is 67.7 Å². The molecule has 4 aromatic rings. The van der Waals surface area contributed by atoms with Gasteiger partial charge < -0.3 is 8.83 Å². The first kappa shape index (κ1) is 15.0. The van der Waals surface area contributed by atoms with Crippen molar-refractivity contribution in [2.45, 2.75) is 0 Å². The van der Waals surface area contributed by atoms with Gasteiger partial charge in [-0.3, -0.25) is 10.2 Å². The van der Waals surface area contributed by atoms with E-state index in [2.05, 4.69) is 10.5 Å². The highest BCUT2D eigenvalue weighted by Gasteiger charge is 2.21. The van der Waals surface area contributed by atoms with Crippen molar-refractivity contribution >= 4 is 28.0 Å². The van der Waals surface area contributed by atoms with E-state index in [1.165, 1.54) is 12.5 Å². The summed E-state index contributed by atoms with van der Waals surface area (Å²) in [5, 5.41) is 6.48. The Morgan fingerprint density at radius 3 is 2.24 bits per heavy atom. The van der Waals surface area contributed by atoms with Crippen LogP contribution >= 0.6 is 0 Å². The molecule has 2 aromatic carbocycles. The molecule has 0 amide bonds. The molecule has 0 aliphatic carbocycles. The van der Waals surface area contributed by atoms with E-state index in [9.17, 15) is 4.79 Å². The number of Topliss-reactive ketones (excluding diaryl/α,β-unsaturated/α-hetero) is 1. The minimum absolute atomic E-state index is 0.146. The Balaban J connectivity index is 1.67. The molecular weight excluding hydrogens is 316 g/mol. The predicted molar refractivity (Wildman–Crippen MR) is 95.9 cm³/mol. The largest absolute Gasteiger partial charge is 0.462 e. The van der Waals surface area contributed by atoms with Gasteiger partial charge in [0.2, 0.25) is 0 Å². The Hall–Kier alpha value is -3.60. The van der Waals surface area contributed by atoms with Crippen LogP contribution in [0.4, 0.5) is 5.69 Å². The second-order valence-electron chi connectivity index (χ2n) is 5.42. The number of furan rings is 2. The Bertz CT molecular complexity index is 1030. The quantitative estimate of drug-likeness (QED) is 0.326. The van der Waals surface area contributed by atoms with E-state index in [1.54, 1.807) is 24.3 Å². The van der Waals surface area contributed by atoms with Crippen molar-refractivity contribution in [1.82, 2.24) is 0 Å². The second-order valence-corrected chi connectivity index (χ2v) is 5.42. The summed E-state index contributed by atoms with van der Waals surface area (Å²) in [5.41, 5.74) is 3.85. The number of anilines is 1. The van der Waals surface area contributed by atoms with Gasteiger partial charge in [-0.2, -0.15) is 5.10 Å². The van der Waals surface area contributed by atoms with E-state index in [4.69, 9.17) is 8.83 Å². The van der Waals surface area contributed by atoms with Crippen LogP contribution in [-0.2, 0) is 0 Å². The molecule has 0 radical (unpaired) electrons. The summed E-state index contributed by atoms with van der Waals surface area (Å²) < 4.78 is 10.5. The van der Waals surface area contributed by atoms with Crippen molar-refractivity contribution in [3.05, 3.63) is 90.8 Å². The third-order valence-electron chi connectivity index (χ3n) is 3.76. The minimum atomic E-state index is -0.353. The number of hydrazone groups is 1. The smallest absolute Gasteiger partial charge is 0.252 e.